The van der Waals surface area contributed by atoms with Crippen molar-refractivity contribution in [3.63, 3.8) is 0 Å². The van der Waals surface area contributed by atoms with Crippen LogP contribution in [0.5, 0.6) is 5.75 Å². The van der Waals surface area contributed by atoms with Crippen molar-refractivity contribution >= 4 is 5.91 Å². The number of rotatable bonds is 5. The van der Waals surface area contributed by atoms with E-state index < -0.39 is 0 Å². The molecule has 132 valence electrons. The maximum Gasteiger partial charge on any atom is 0.240 e. The van der Waals surface area contributed by atoms with Crippen molar-refractivity contribution < 1.29 is 9.53 Å². The first kappa shape index (κ1) is 17.2. The monoisotopic (exact) mass is 331 g/mol. The third-order valence-corrected chi connectivity index (χ3v) is 5.16. The van der Waals surface area contributed by atoms with Crippen molar-refractivity contribution in [3.05, 3.63) is 29.8 Å². The smallest absolute Gasteiger partial charge is 0.240 e. The molecular weight excluding hydrogens is 302 g/mol. The zero-order valence-corrected chi connectivity index (χ0v) is 14.9. The highest BCUT2D eigenvalue weighted by Gasteiger charge is 2.32. The molecule has 0 radical (unpaired) electrons. The number of carbonyl (C=O) groups excluding carboxylic acids is 1. The summed E-state index contributed by atoms with van der Waals surface area (Å²) in [5, 5.41) is 0. The van der Waals surface area contributed by atoms with Crippen LogP contribution in [0.2, 0.25) is 0 Å². The van der Waals surface area contributed by atoms with Crippen LogP contribution in [0.4, 0.5) is 0 Å². The van der Waals surface area contributed by atoms with Crippen LogP contribution in [0.25, 0.3) is 0 Å². The standard InChI is InChI=1S/C19H29N3O2/c1-3-24-18-9-5-4-7-16(18)15-21-11-13-22(14-12-21)19(23)17-8-6-10-20(17)2/h4-5,7,9,17H,3,6,8,10-15H2,1-2H3. The number of para-hydroxylation sites is 1. The van der Waals surface area contributed by atoms with E-state index in [4.69, 9.17) is 4.74 Å². The molecular formula is C19H29N3O2. The molecule has 1 unspecified atom stereocenters. The third kappa shape index (κ3) is 3.90. The van der Waals surface area contributed by atoms with E-state index in [-0.39, 0.29) is 6.04 Å². The fourth-order valence-corrected chi connectivity index (χ4v) is 3.73. The van der Waals surface area contributed by atoms with E-state index >= 15 is 0 Å². The van der Waals surface area contributed by atoms with Gasteiger partial charge in [0.15, 0.2) is 0 Å². The molecule has 1 atom stereocenters. The van der Waals surface area contributed by atoms with Crippen LogP contribution in [0.15, 0.2) is 24.3 Å². The molecule has 0 N–H and O–H groups in total. The van der Waals surface area contributed by atoms with Gasteiger partial charge in [-0.05, 0) is 39.4 Å². The fraction of sp³-hybridized carbons (Fsp3) is 0.632. The second kappa shape index (κ2) is 7.99. The van der Waals surface area contributed by atoms with E-state index in [1.54, 1.807) is 0 Å². The van der Waals surface area contributed by atoms with Gasteiger partial charge in [0.2, 0.25) is 5.91 Å². The Morgan fingerprint density at radius 3 is 2.58 bits per heavy atom. The van der Waals surface area contributed by atoms with Gasteiger partial charge in [0, 0.05) is 38.3 Å². The predicted octanol–water partition coefficient (Wildman–Crippen LogP) is 1.82. The minimum atomic E-state index is 0.107. The minimum Gasteiger partial charge on any atom is -0.494 e. The first-order chi connectivity index (χ1) is 11.7. The highest BCUT2D eigenvalue weighted by molar-refractivity contribution is 5.82. The Balaban J connectivity index is 1.53. The van der Waals surface area contributed by atoms with Gasteiger partial charge in [-0.1, -0.05) is 18.2 Å². The number of piperazine rings is 1. The first-order valence-corrected chi connectivity index (χ1v) is 9.11. The van der Waals surface area contributed by atoms with E-state index in [2.05, 4.69) is 33.9 Å². The lowest BCUT2D eigenvalue weighted by atomic mass is 10.1. The Bertz CT molecular complexity index is 555. The first-order valence-electron chi connectivity index (χ1n) is 9.11. The molecule has 1 aromatic rings. The molecule has 0 spiro atoms. The lowest BCUT2D eigenvalue weighted by molar-refractivity contribution is -0.137. The molecule has 1 aromatic carbocycles. The molecule has 2 fully saturated rings. The van der Waals surface area contributed by atoms with E-state index in [9.17, 15) is 4.79 Å². The summed E-state index contributed by atoms with van der Waals surface area (Å²) in [6.45, 7) is 8.17. The van der Waals surface area contributed by atoms with Gasteiger partial charge in [-0.3, -0.25) is 14.6 Å². The number of likely N-dealkylation sites (tertiary alicyclic amines) is 1. The quantitative estimate of drug-likeness (QED) is 0.825. The normalized spacial score (nSPS) is 22.8. The van der Waals surface area contributed by atoms with Crippen molar-refractivity contribution in [1.29, 1.82) is 0 Å². The summed E-state index contributed by atoms with van der Waals surface area (Å²) in [5.41, 5.74) is 1.23. The van der Waals surface area contributed by atoms with Crippen LogP contribution in [0.3, 0.4) is 0 Å². The average molecular weight is 331 g/mol. The van der Waals surface area contributed by atoms with Crippen LogP contribution in [0.1, 0.15) is 25.3 Å². The van der Waals surface area contributed by atoms with E-state index in [0.717, 1.165) is 57.9 Å². The third-order valence-electron chi connectivity index (χ3n) is 5.16. The van der Waals surface area contributed by atoms with E-state index in [1.165, 1.54) is 5.56 Å². The maximum atomic E-state index is 12.7. The summed E-state index contributed by atoms with van der Waals surface area (Å²) in [6.07, 6.45) is 2.15. The number of carbonyl (C=O) groups is 1. The number of amides is 1. The van der Waals surface area contributed by atoms with Crippen molar-refractivity contribution in [3.8, 4) is 5.75 Å². The van der Waals surface area contributed by atoms with Crippen LogP contribution in [0, 0.1) is 0 Å². The van der Waals surface area contributed by atoms with Crippen molar-refractivity contribution in [1.82, 2.24) is 14.7 Å². The second-order valence-corrected chi connectivity index (χ2v) is 6.78. The summed E-state index contributed by atoms with van der Waals surface area (Å²) < 4.78 is 5.72. The summed E-state index contributed by atoms with van der Waals surface area (Å²) in [6, 6.07) is 8.36. The summed E-state index contributed by atoms with van der Waals surface area (Å²) in [4.78, 5) is 19.3. The van der Waals surface area contributed by atoms with Gasteiger partial charge in [-0.15, -0.1) is 0 Å². The van der Waals surface area contributed by atoms with Crippen LogP contribution >= 0.6 is 0 Å². The molecule has 0 saturated carbocycles. The Hall–Kier alpha value is -1.59. The molecule has 2 aliphatic rings. The van der Waals surface area contributed by atoms with E-state index in [1.807, 2.05) is 19.1 Å². The predicted molar refractivity (Wildman–Crippen MR) is 95.1 cm³/mol. The van der Waals surface area contributed by atoms with Crippen LogP contribution in [-0.4, -0.2) is 73.0 Å². The van der Waals surface area contributed by atoms with Gasteiger partial charge in [-0.25, -0.2) is 0 Å². The van der Waals surface area contributed by atoms with Crippen LogP contribution in [-0.2, 0) is 11.3 Å². The number of likely N-dealkylation sites (N-methyl/N-ethyl adjacent to an activating group) is 1. The molecule has 0 bridgehead atoms. The lowest BCUT2D eigenvalue weighted by Crippen LogP contribution is -2.52. The van der Waals surface area contributed by atoms with Gasteiger partial charge < -0.3 is 9.64 Å². The number of nitrogens with zero attached hydrogens (tertiary/aromatic N) is 3. The van der Waals surface area contributed by atoms with Gasteiger partial charge in [0.25, 0.3) is 0 Å². The molecule has 3 rings (SSSR count). The molecule has 2 heterocycles. The lowest BCUT2D eigenvalue weighted by Gasteiger charge is -2.37. The van der Waals surface area contributed by atoms with E-state index in [0.29, 0.717) is 12.5 Å². The van der Waals surface area contributed by atoms with Crippen molar-refractivity contribution in [2.75, 3.05) is 46.4 Å². The molecule has 0 aromatic heterocycles. The molecule has 2 aliphatic heterocycles. The Morgan fingerprint density at radius 2 is 1.92 bits per heavy atom. The summed E-state index contributed by atoms with van der Waals surface area (Å²) >= 11 is 0. The summed E-state index contributed by atoms with van der Waals surface area (Å²) in [5.74, 6) is 1.30. The second-order valence-electron chi connectivity index (χ2n) is 6.78. The maximum absolute atomic E-state index is 12.7. The van der Waals surface area contributed by atoms with Gasteiger partial charge in [-0.2, -0.15) is 0 Å². The Kier molecular flexibility index (Phi) is 5.74. The van der Waals surface area contributed by atoms with Gasteiger partial charge in [0.1, 0.15) is 5.75 Å². The zero-order valence-electron chi connectivity index (χ0n) is 14.9. The molecule has 1 amide bonds. The zero-order chi connectivity index (χ0) is 16.9. The number of hydrogen-bond acceptors (Lipinski definition) is 4. The topological polar surface area (TPSA) is 36.0 Å². The van der Waals surface area contributed by atoms with Gasteiger partial charge >= 0.3 is 0 Å². The number of ether oxygens (including phenoxy) is 1. The molecule has 5 nitrogen and oxygen atoms in total. The fourth-order valence-electron chi connectivity index (χ4n) is 3.73. The molecule has 24 heavy (non-hydrogen) atoms. The van der Waals surface area contributed by atoms with Gasteiger partial charge in [0.05, 0.1) is 12.6 Å². The molecule has 0 aliphatic carbocycles. The molecule has 5 heteroatoms. The summed E-state index contributed by atoms with van der Waals surface area (Å²) in [7, 11) is 2.07. The van der Waals surface area contributed by atoms with Crippen molar-refractivity contribution in [2.45, 2.75) is 32.4 Å². The Labute approximate surface area is 145 Å². The number of hydrogen-bond donors (Lipinski definition) is 0. The highest BCUT2D eigenvalue weighted by Crippen LogP contribution is 2.22. The minimum absolute atomic E-state index is 0.107. The largest absolute Gasteiger partial charge is 0.494 e. The molecule has 2 saturated heterocycles. The highest BCUT2D eigenvalue weighted by atomic mass is 16.5. The Morgan fingerprint density at radius 1 is 1.17 bits per heavy atom. The average Bonchev–Trinajstić information content (AvgIpc) is 3.03. The SMILES string of the molecule is CCOc1ccccc1CN1CCN(C(=O)C2CCCN2C)CC1. The number of benzene rings is 1. The van der Waals surface area contributed by atoms with Crippen molar-refractivity contribution in [2.24, 2.45) is 0 Å². The van der Waals surface area contributed by atoms with Crippen LogP contribution < -0.4 is 4.74 Å².